The fourth-order valence-electron chi connectivity index (χ4n) is 9.25. The van der Waals surface area contributed by atoms with Crippen molar-refractivity contribution >= 4 is 12.1 Å². The summed E-state index contributed by atoms with van der Waals surface area (Å²) in [5, 5.41) is 11.1. The summed E-state index contributed by atoms with van der Waals surface area (Å²) < 4.78 is 5.60. The molecule has 0 aromatic carbocycles. The highest BCUT2D eigenvalue weighted by Crippen LogP contribution is 2.71. The van der Waals surface area contributed by atoms with Crippen molar-refractivity contribution in [1.29, 1.82) is 0 Å². The van der Waals surface area contributed by atoms with E-state index in [9.17, 15) is 9.59 Å². The summed E-state index contributed by atoms with van der Waals surface area (Å²) >= 11 is 0. The first-order chi connectivity index (χ1) is 16.5. The summed E-state index contributed by atoms with van der Waals surface area (Å²) in [7, 11) is 0. The second kappa shape index (κ2) is 10.1. The summed E-state index contributed by atoms with van der Waals surface area (Å²) in [6.07, 6.45) is 16.7. The van der Waals surface area contributed by atoms with E-state index in [2.05, 4.69) is 46.0 Å². The normalized spacial score (nSPS) is 40.3. The molecular formula is C30H49NO4. The number of carbonyl (C=O) groups is 2. The number of hydrogen-bond acceptors (Lipinski definition) is 3. The zero-order chi connectivity index (χ0) is 25.4. The summed E-state index contributed by atoms with van der Waals surface area (Å²) in [5.41, 5.74) is 2.54. The van der Waals surface area contributed by atoms with Gasteiger partial charge in [0.05, 0.1) is 0 Å². The number of carboxylic acids is 1. The van der Waals surface area contributed by atoms with Crippen LogP contribution < -0.4 is 5.32 Å². The molecule has 198 valence electrons. The topological polar surface area (TPSA) is 75.6 Å². The van der Waals surface area contributed by atoms with Crippen LogP contribution in [-0.2, 0) is 9.53 Å². The molecule has 4 rings (SSSR count). The Morgan fingerprint density at radius 1 is 1.06 bits per heavy atom. The van der Waals surface area contributed by atoms with Gasteiger partial charge >= 0.3 is 12.1 Å². The predicted molar refractivity (Wildman–Crippen MR) is 139 cm³/mol. The molecule has 35 heavy (non-hydrogen) atoms. The van der Waals surface area contributed by atoms with Crippen LogP contribution in [0.3, 0.4) is 0 Å². The molecule has 2 N–H and O–H groups in total. The SMILES string of the molecule is CC(C)CCCCC1CCC2C1(C)CCC1C3(C)CCC(OC(=O)NCC(=O)O)CC3=CCC12C. The van der Waals surface area contributed by atoms with Crippen LogP contribution in [0.1, 0.15) is 112 Å². The minimum atomic E-state index is -1.05. The number of allylic oxidation sites excluding steroid dienone is 1. The number of fused-ring (bicyclic) bond motifs is 5. The number of carbonyl (C=O) groups excluding carboxylic acids is 1. The number of carboxylic acid groups (broad SMARTS) is 1. The highest BCUT2D eigenvalue weighted by Gasteiger charge is 2.63. The number of nitrogens with one attached hydrogen (secondary N) is 1. The molecule has 7 unspecified atom stereocenters. The average molecular weight is 488 g/mol. The number of hydrogen-bond donors (Lipinski definition) is 2. The Morgan fingerprint density at radius 2 is 1.83 bits per heavy atom. The van der Waals surface area contributed by atoms with Crippen molar-refractivity contribution in [3.8, 4) is 0 Å². The van der Waals surface area contributed by atoms with Crippen LogP contribution >= 0.6 is 0 Å². The Hall–Kier alpha value is -1.52. The molecule has 0 aromatic rings. The molecule has 4 aliphatic carbocycles. The number of rotatable bonds is 8. The molecule has 3 fully saturated rings. The quantitative estimate of drug-likeness (QED) is 0.277. The zero-order valence-corrected chi connectivity index (χ0v) is 22.8. The molecule has 0 spiro atoms. The average Bonchev–Trinajstić information content (AvgIpc) is 3.13. The van der Waals surface area contributed by atoms with Gasteiger partial charge in [0.1, 0.15) is 12.6 Å². The summed E-state index contributed by atoms with van der Waals surface area (Å²) in [4.78, 5) is 22.8. The fraction of sp³-hybridized carbons (Fsp3) is 0.867. The first kappa shape index (κ1) is 26.5. The largest absolute Gasteiger partial charge is 0.480 e. The fourth-order valence-corrected chi connectivity index (χ4v) is 9.25. The van der Waals surface area contributed by atoms with Crippen molar-refractivity contribution in [3.05, 3.63) is 11.6 Å². The molecule has 0 saturated heterocycles. The predicted octanol–water partition coefficient (Wildman–Crippen LogP) is 7.35. The standard InChI is InChI=1S/C30H49NO4/c1-20(2)8-6-7-9-21-10-11-24-28(21,3)17-14-25-29(4)16-13-23(35-27(34)31-19-26(32)33)18-22(29)12-15-30(24,25)5/h12,20-21,23-25H,6-11,13-19H2,1-5H3,(H,31,34)(H,32,33). The molecule has 5 nitrogen and oxygen atoms in total. The molecule has 4 aliphatic rings. The Bertz CT molecular complexity index is 836. The molecule has 0 bridgehead atoms. The lowest BCUT2D eigenvalue weighted by Gasteiger charge is -2.63. The van der Waals surface area contributed by atoms with E-state index in [0.29, 0.717) is 16.7 Å². The number of ether oxygens (including phenoxy) is 1. The van der Waals surface area contributed by atoms with Crippen LogP contribution in [0.4, 0.5) is 4.79 Å². The summed E-state index contributed by atoms with van der Waals surface area (Å²) in [6, 6.07) is 0. The van der Waals surface area contributed by atoms with E-state index in [1.165, 1.54) is 56.9 Å². The van der Waals surface area contributed by atoms with Gasteiger partial charge in [0.2, 0.25) is 0 Å². The van der Waals surface area contributed by atoms with Crippen molar-refractivity contribution in [2.24, 2.45) is 39.9 Å². The van der Waals surface area contributed by atoms with E-state index >= 15 is 0 Å². The molecule has 0 radical (unpaired) electrons. The van der Waals surface area contributed by atoms with Crippen LogP contribution in [0, 0.1) is 39.9 Å². The molecule has 3 saturated carbocycles. The van der Waals surface area contributed by atoms with Crippen LogP contribution in [0.2, 0.25) is 0 Å². The van der Waals surface area contributed by atoms with E-state index in [1.54, 1.807) is 0 Å². The van der Waals surface area contributed by atoms with Crippen LogP contribution in [0.15, 0.2) is 11.6 Å². The van der Waals surface area contributed by atoms with Crippen molar-refractivity contribution < 1.29 is 19.4 Å². The maximum Gasteiger partial charge on any atom is 0.407 e. The third kappa shape index (κ3) is 5.03. The van der Waals surface area contributed by atoms with Gasteiger partial charge in [-0.1, -0.05) is 65.5 Å². The lowest BCUT2D eigenvalue weighted by molar-refractivity contribution is -0.135. The van der Waals surface area contributed by atoms with Crippen LogP contribution in [-0.4, -0.2) is 29.8 Å². The van der Waals surface area contributed by atoms with Gasteiger partial charge in [0.25, 0.3) is 0 Å². The Morgan fingerprint density at radius 3 is 2.54 bits per heavy atom. The maximum absolute atomic E-state index is 12.0. The Labute approximate surface area is 212 Å². The molecule has 0 aromatic heterocycles. The monoisotopic (exact) mass is 487 g/mol. The highest BCUT2D eigenvalue weighted by atomic mass is 16.6. The lowest BCUT2D eigenvalue weighted by Crippen LogP contribution is -2.56. The molecule has 5 heteroatoms. The van der Waals surface area contributed by atoms with E-state index in [1.807, 2.05) is 0 Å². The van der Waals surface area contributed by atoms with E-state index in [-0.39, 0.29) is 11.5 Å². The minimum Gasteiger partial charge on any atom is -0.480 e. The Kier molecular flexibility index (Phi) is 7.65. The van der Waals surface area contributed by atoms with Crippen LogP contribution in [0.25, 0.3) is 0 Å². The summed E-state index contributed by atoms with van der Waals surface area (Å²) in [6.45, 7) is 12.0. The van der Waals surface area contributed by atoms with Gasteiger partial charge in [-0.3, -0.25) is 4.79 Å². The van der Waals surface area contributed by atoms with Gasteiger partial charge in [0.15, 0.2) is 0 Å². The second-order valence-electron chi connectivity index (χ2n) is 13.5. The first-order valence-corrected chi connectivity index (χ1v) is 14.3. The minimum absolute atomic E-state index is 0.150. The van der Waals surface area contributed by atoms with Gasteiger partial charge in [-0.05, 0) is 91.3 Å². The maximum atomic E-state index is 12.0. The van der Waals surface area contributed by atoms with Gasteiger partial charge in [-0.15, -0.1) is 0 Å². The number of amides is 1. The lowest BCUT2D eigenvalue weighted by atomic mass is 9.41. The number of alkyl carbamates (subject to hydrolysis) is 1. The van der Waals surface area contributed by atoms with E-state index < -0.39 is 18.6 Å². The molecule has 7 atom stereocenters. The van der Waals surface area contributed by atoms with E-state index in [4.69, 9.17) is 9.84 Å². The van der Waals surface area contributed by atoms with Crippen molar-refractivity contribution in [1.82, 2.24) is 5.32 Å². The Balaban J connectivity index is 1.43. The molecule has 0 aliphatic heterocycles. The summed E-state index contributed by atoms with van der Waals surface area (Å²) in [5.74, 6) is 2.18. The van der Waals surface area contributed by atoms with Gasteiger partial charge in [-0.2, -0.15) is 0 Å². The number of aliphatic carboxylic acids is 1. The molecule has 0 heterocycles. The van der Waals surface area contributed by atoms with Gasteiger partial charge in [-0.25, -0.2) is 4.79 Å². The third-order valence-corrected chi connectivity index (χ3v) is 11.1. The molecule has 1 amide bonds. The van der Waals surface area contributed by atoms with Crippen molar-refractivity contribution in [2.45, 2.75) is 118 Å². The van der Waals surface area contributed by atoms with Crippen molar-refractivity contribution in [2.75, 3.05) is 6.54 Å². The van der Waals surface area contributed by atoms with Gasteiger partial charge in [0, 0.05) is 6.42 Å². The van der Waals surface area contributed by atoms with Gasteiger partial charge < -0.3 is 15.2 Å². The van der Waals surface area contributed by atoms with Crippen LogP contribution in [0.5, 0.6) is 0 Å². The zero-order valence-electron chi connectivity index (χ0n) is 22.8. The highest BCUT2D eigenvalue weighted by molar-refractivity contribution is 5.76. The van der Waals surface area contributed by atoms with Crippen molar-refractivity contribution in [3.63, 3.8) is 0 Å². The third-order valence-electron chi connectivity index (χ3n) is 11.1. The smallest absolute Gasteiger partial charge is 0.407 e. The second-order valence-corrected chi connectivity index (χ2v) is 13.5. The first-order valence-electron chi connectivity index (χ1n) is 14.3. The number of unbranched alkanes of at least 4 members (excludes halogenated alkanes) is 1. The van der Waals surface area contributed by atoms with E-state index in [0.717, 1.165) is 43.4 Å². The molecular weight excluding hydrogens is 438 g/mol.